The Balaban J connectivity index is 1.80. The number of hydrogen-bond acceptors (Lipinski definition) is 4. The summed E-state index contributed by atoms with van der Waals surface area (Å²) in [5.41, 5.74) is 1.27. The van der Waals surface area contributed by atoms with E-state index in [0.29, 0.717) is 5.17 Å². The van der Waals surface area contributed by atoms with Gasteiger partial charge in [-0.2, -0.15) is 0 Å². The lowest BCUT2D eigenvalue weighted by atomic mass is 10.1. The molecule has 5 nitrogen and oxygen atoms in total. The van der Waals surface area contributed by atoms with Crippen LogP contribution in [0.5, 0.6) is 5.75 Å². The molecule has 2 rings (SSSR count). The number of nitrogens with zero attached hydrogens (tertiary/aromatic N) is 4. The zero-order chi connectivity index (χ0) is 14.4. The minimum absolute atomic E-state index is 0.462. The molecule has 106 valence electrons. The van der Waals surface area contributed by atoms with Crippen LogP contribution in [0.15, 0.2) is 36.7 Å². The fourth-order valence-electron chi connectivity index (χ4n) is 1.71. The Kier molecular flexibility index (Phi) is 5.06. The molecule has 1 aromatic carbocycles. The molecule has 0 amide bonds. The van der Waals surface area contributed by atoms with Gasteiger partial charge in [0.1, 0.15) is 5.75 Å². The van der Waals surface area contributed by atoms with E-state index in [1.165, 1.54) is 5.56 Å². The summed E-state index contributed by atoms with van der Waals surface area (Å²) in [6.45, 7) is 0.878. The van der Waals surface area contributed by atoms with Crippen LogP contribution in [0, 0.1) is 0 Å². The minimum Gasteiger partial charge on any atom is -0.432 e. The smallest absolute Gasteiger partial charge is 0.264 e. The first-order valence-corrected chi connectivity index (χ1v) is 6.88. The lowest BCUT2D eigenvalue weighted by Crippen LogP contribution is -2.24. The molecule has 0 saturated heterocycles. The molecule has 1 heterocycles. The highest BCUT2D eigenvalue weighted by molar-refractivity contribution is 7.80. The number of hydrogen-bond donors (Lipinski definition) is 0. The summed E-state index contributed by atoms with van der Waals surface area (Å²) in [6.07, 6.45) is 5.59. The third-order valence-corrected chi connectivity index (χ3v) is 3.27. The molecule has 1 aromatic heterocycles. The van der Waals surface area contributed by atoms with Crippen LogP contribution in [0.4, 0.5) is 0 Å². The van der Waals surface area contributed by atoms with Crippen molar-refractivity contribution in [1.82, 2.24) is 19.9 Å². The molecule has 0 radical (unpaired) electrons. The second kappa shape index (κ2) is 7.00. The average Bonchev–Trinajstić information content (AvgIpc) is 2.94. The molecule has 0 saturated carbocycles. The summed E-state index contributed by atoms with van der Waals surface area (Å²) in [7, 11) is 3.72. The Hall–Kier alpha value is -1.95. The maximum absolute atomic E-state index is 5.53. The van der Waals surface area contributed by atoms with Gasteiger partial charge in [0.05, 0.1) is 6.20 Å². The van der Waals surface area contributed by atoms with E-state index in [1.807, 2.05) is 37.1 Å². The van der Waals surface area contributed by atoms with Gasteiger partial charge in [-0.05, 0) is 42.8 Å². The fraction of sp³-hybridized carbons (Fsp3) is 0.357. The zero-order valence-corrected chi connectivity index (χ0v) is 12.5. The van der Waals surface area contributed by atoms with Crippen LogP contribution in [-0.4, -0.2) is 39.2 Å². The quantitative estimate of drug-likeness (QED) is 0.789. The minimum atomic E-state index is 0.462. The average molecular weight is 290 g/mol. The van der Waals surface area contributed by atoms with Gasteiger partial charge >= 0.3 is 0 Å². The molecule has 0 aliphatic rings. The lowest BCUT2D eigenvalue weighted by Gasteiger charge is -2.14. The van der Waals surface area contributed by atoms with E-state index in [2.05, 4.69) is 22.4 Å². The molecule has 20 heavy (non-hydrogen) atoms. The van der Waals surface area contributed by atoms with Crippen molar-refractivity contribution in [2.45, 2.75) is 19.4 Å². The molecule has 0 atom stereocenters. The Morgan fingerprint density at radius 3 is 2.65 bits per heavy atom. The van der Waals surface area contributed by atoms with Crippen molar-refractivity contribution in [2.24, 2.45) is 0 Å². The zero-order valence-electron chi connectivity index (χ0n) is 11.7. The fourth-order valence-corrected chi connectivity index (χ4v) is 1.81. The molecular formula is C14H18N4OS. The van der Waals surface area contributed by atoms with Gasteiger partial charge in [-0.3, -0.25) is 4.68 Å². The molecular weight excluding hydrogens is 272 g/mol. The van der Waals surface area contributed by atoms with Crippen LogP contribution in [0.3, 0.4) is 0 Å². The maximum Gasteiger partial charge on any atom is 0.264 e. The van der Waals surface area contributed by atoms with Crippen molar-refractivity contribution in [3.63, 3.8) is 0 Å². The van der Waals surface area contributed by atoms with Crippen molar-refractivity contribution in [2.75, 3.05) is 14.1 Å². The van der Waals surface area contributed by atoms with E-state index in [4.69, 9.17) is 17.0 Å². The number of ether oxygens (including phenoxy) is 1. The molecule has 6 heteroatoms. The van der Waals surface area contributed by atoms with Crippen LogP contribution in [0.1, 0.15) is 12.0 Å². The highest BCUT2D eigenvalue weighted by Gasteiger charge is 2.02. The molecule has 0 unspecified atom stereocenters. The summed E-state index contributed by atoms with van der Waals surface area (Å²) in [6, 6.07) is 8.02. The molecule has 2 aromatic rings. The van der Waals surface area contributed by atoms with Crippen molar-refractivity contribution in [1.29, 1.82) is 0 Å². The summed E-state index contributed by atoms with van der Waals surface area (Å²) < 4.78 is 7.37. The van der Waals surface area contributed by atoms with Crippen molar-refractivity contribution in [3.8, 4) is 5.75 Å². The van der Waals surface area contributed by atoms with Gasteiger partial charge in [0, 0.05) is 26.8 Å². The van der Waals surface area contributed by atoms with Gasteiger partial charge in [-0.1, -0.05) is 17.3 Å². The summed E-state index contributed by atoms with van der Waals surface area (Å²) in [5, 5.41) is 8.18. The van der Waals surface area contributed by atoms with Crippen LogP contribution < -0.4 is 4.74 Å². The van der Waals surface area contributed by atoms with Crippen molar-refractivity contribution in [3.05, 3.63) is 42.2 Å². The van der Waals surface area contributed by atoms with Crippen LogP contribution in [0.25, 0.3) is 0 Å². The van der Waals surface area contributed by atoms with Gasteiger partial charge in [0.15, 0.2) is 0 Å². The van der Waals surface area contributed by atoms with Gasteiger partial charge in [0.2, 0.25) is 0 Å². The highest BCUT2D eigenvalue weighted by atomic mass is 32.1. The SMILES string of the molecule is CN(C)C(=S)Oc1ccc(CCCn2ccnn2)cc1. The predicted octanol–water partition coefficient (Wildman–Crippen LogP) is 2.14. The van der Waals surface area contributed by atoms with Crippen LogP contribution in [-0.2, 0) is 13.0 Å². The summed E-state index contributed by atoms with van der Waals surface area (Å²) in [4.78, 5) is 1.77. The Morgan fingerprint density at radius 2 is 2.05 bits per heavy atom. The number of aryl methyl sites for hydroxylation is 2. The number of aromatic nitrogens is 3. The van der Waals surface area contributed by atoms with Crippen molar-refractivity contribution < 1.29 is 4.74 Å². The van der Waals surface area contributed by atoms with E-state index in [1.54, 1.807) is 11.1 Å². The second-order valence-electron chi connectivity index (χ2n) is 4.68. The van der Waals surface area contributed by atoms with Gasteiger partial charge in [-0.25, -0.2) is 0 Å². The molecule has 0 aliphatic carbocycles. The van der Waals surface area contributed by atoms with E-state index < -0.39 is 0 Å². The lowest BCUT2D eigenvalue weighted by molar-refractivity contribution is 0.449. The predicted molar refractivity (Wildman–Crippen MR) is 81.7 cm³/mol. The van der Waals surface area contributed by atoms with E-state index in [9.17, 15) is 0 Å². The molecule has 0 bridgehead atoms. The van der Waals surface area contributed by atoms with Gasteiger partial charge in [-0.15, -0.1) is 5.10 Å². The third kappa shape index (κ3) is 4.31. The van der Waals surface area contributed by atoms with Gasteiger partial charge < -0.3 is 9.64 Å². The Morgan fingerprint density at radius 1 is 1.30 bits per heavy atom. The third-order valence-electron chi connectivity index (χ3n) is 2.82. The highest BCUT2D eigenvalue weighted by Crippen LogP contribution is 2.14. The largest absolute Gasteiger partial charge is 0.432 e. The summed E-state index contributed by atoms with van der Waals surface area (Å²) in [5.74, 6) is 0.767. The molecule has 0 N–H and O–H groups in total. The standard InChI is InChI=1S/C14H18N4OS/c1-17(2)14(20)19-13-7-5-12(6-8-13)4-3-10-18-11-9-15-16-18/h5-9,11H,3-4,10H2,1-2H3. The van der Waals surface area contributed by atoms with E-state index in [-0.39, 0.29) is 0 Å². The van der Waals surface area contributed by atoms with Crippen LogP contribution >= 0.6 is 12.2 Å². The van der Waals surface area contributed by atoms with Crippen LogP contribution in [0.2, 0.25) is 0 Å². The first-order valence-electron chi connectivity index (χ1n) is 6.47. The summed E-state index contributed by atoms with van der Waals surface area (Å²) >= 11 is 5.10. The van der Waals surface area contributed by atoms with Crippen molar-refractivity contribution >= 4 is 17.4 Å². The molecule has 0 aliphatic heterocycles. The Bertz CT molecular complexity index is 537. The Labute approximate surface area is 124 Å². The second-order valence-corrected chi connectivity index (χ2v) is 5.03. The number of rotatable bonds is 5. The van der Waals surface area contributed by atoms with E-state index >= 15 is 0 Å². The monoisotopic (exact) mass is 290 g/mol. The molecule has 0 spiro atoms. The van der Waals surface area contributed by atoms with Gasteiger partial charge in [0.25, 0.3) is 5.17 Å². The number of thiocarbonyl (C=S) groups is 1. The molecule has 0 fully saturated rings. The first kappa shape index (κ1) is 14.5. The normalized spacial score (nSPS) is 10.3. The first-order chi connectivity index (χ1) is 9.65. The topological polar surface area (TPSA) is 43.2 Å². The maximum atomic E-state index is 5.53. The van der Waals surface area contributed by atoms with E-state index in [0.717, 1.165) is 25.1 Å². The number of benzene rings is 1.